The fourth-order valence-corrected chi connectivity index (χ4v) is 3.05. The van der Waals surface area contributed by atoms with Crippen LogP contribution in [0, 0.1) is 5.82 Å². The highest BCUT2D eigenvalue weighted by atomic mass is 19.1. The summed E-state index contributed by atoms with van der Waals surface area (Å²) in [5.41, 5.74) is 1.73. The van der Waals surface area contributed by atoms with Gasteiger partial charge in [-0.05, 0) is 36.4 Å². The average molecular weight is 366 g/mol. The summed E-state index contributed by atoms with van der Waals surface area (Å²) in [5.74, 6) is 0.892. The zero-order valence-corrected chi connectivity index (χ0v) is 14.7. The number of rotatable bonds is 4. The lowest BCUT2D eigenvalue weighted by atomic mass is 10.3. The van der Waals surface area contributed by atoms with E-state index < -0.39 is 0 Å². The molecule has 0 unspecified atom stereocenters. The number of benzene rings is 2. The normalized spacial score (nSPS) is 14.4. The number of halogens is 1. The summed E-state index contributed by atoms with van der Waals surface area (Å²) in [4.78, 5) is 25.3. The molecular weight excluding hydrogens is 347 g/mol. The number of para-hydroxylation sites is 2. The summed E-state index contributed by atoms with van der Waals surface area (Å²) >= 11 is 0. The third kappa shape index (κ3) is 3.97. The number of amides is 1. The molecule has 0 aliphatic carbocycles. The minimum atomic E-state index is -0.332. The highest BCUT2D eigenvalue weighted by Crippen LogP contribution is 2.17. The second-order valence-electron chi connectivity index (χ2n) is 6.33. The van der Waals surface area contributed by atoms with Crippen LogP contribution in [-0.4, -0.2) is 53.6 Å². The first-order chi connectivity index (χ1) is 13.2. The number of fused-ring (bicyclic) bond motifs is 1. The zero-order valence-electron chi connectivity index (χ0n) is 14.7. The second kappa shape index (κ2) is 7.57. The summed E-state index contributed by atoms with van der Waals surface area (Å²) in [6.07, 6.45) is 1.78. The third-order valence-corrected chi connectivity index (χ3v) is 4.57. The van der Waals surface area contributed by atoms with E-state index in [0.717, 1.165) is 16.9 Å². The predicted octanol–water partition coefficient (Wildman–Crippen LogP) is 2.50. The van der Waals surface area contributed by atoms with E-state index in [1.807, 2.05) is 24.3 Å². The Morgan fingerprint density at radius 3 is 2.44 bits per heavy atom. The molecule has 7 heteroatoms. The molecule has 2 heterocycles. The Hall–Kier alpha value is -3.22. The quantitative estimate of drug-likeness (QED) is 0.710. The molecular formula is C20H19FN4O2. The van der Waals surface area contributed by atoms with E-state index in [9.17, 15) is 9.18 Å². The molecule has 1 saturated heterocycles. The number of aromatic nitrogens is 2. The van der Waals surface area contributed by atoms with Crippen LogP contribution >= 0.6 is 0 Å². The van der Waals surface area contributed by atoms with Gasteiger partial charge in [0.15, 0.2) is 6.61 Å². The molecule has 27 heavy (non-hydrogen) atoms. The van der Waals surface area contributed by atoms with Crippen molar-refractivity contribution in [1.82, 2.24) is 14.9 Å². The van der Waals surface area contributed by atoms with E-state index in [0.29, 0.717) is 31.9 Å². The molecule has 4 rings (SSSR count). The maximum absolute atomic E-state index is 12.9. The van der Waals surface area contributed by atoms with Gasteiger partial charge in [-0.1, -0.05) is 12.1 Å². The Morgan fingerprint density at radius 1 is 1.00 bits per heavy atom. The van der Waals surface area contributed by atoms with Gasteiger partial charge in [0.1, 0.15) is 17.4 Å². The van der Waals surface area contributed by atoms with Crippen LogP contribution in [0.2, 0.25) is 0 Å². The van der Waals surface area contributed by atoms with Crippen molar-refractivity contribution in [2.75, 3.05) is 37.7 Å². The van der Waals surface area contributed by atoms with Gasteiger partial charge in [-0.15, -0.1) is 0 Å². The van der Waals surface area contributed by atoms with Gasteiger partial charge in [0.2, 0.25) is 0 Å². The van der Waals surface area contributed by atoms with Crippen LogP contribution in [0.25, 0.3) is 11.0 Å². The van der Waals surface area contributed by atoms with Crippen molar-refractivity contribution in [3.05, 3.63) is 60.5 Å². The largest absolute Gasteiger partial charge is 0.484 e. The number of hydrogen-bond acceptors (Lipinski definition) is 5. The summed E-state index contributed by atoms with van der Waals surface area (Å²) in [6.45, 7) is 2.52. The Kier molecular flexibility index (Phi) is 4.82. The number of carbonyl (C=O) groups excluding carboxylic acids is 1. The van der Waals surface area contributed by atoms with Gasteiger partial charge < -0.3 is 14.5 Å². The van der Waals surface area contributed by atoms with E-state index in [2.05, 4.69) is 14.9 Å². The lowest BCUT2D eigenvalue weighted by Gasteiger charge is -2.35. The van der Waals surface area contributed by atoms with Gasteiger partial charge in [-0.25, -0.2) is 9.37 Å². The summed E-state index contributed by atoms with van der Waals surface area (Å²) in [5, 5.41) is 0. The molecule has 0 radical (unpaired) electrons. The van der Waals surface area contributed by atoms with Crippen molar-refractivity contribution in [3.8, 4) is 5.75 Å². The fourth-order valence-electron chi connectivity index (χ4n) is 3.05. The third-order valence-electron chi connectivity index (χ3n) is 4.57. The van der Waals surface area contributed by atoms with E-state index in [-0.39, 0.29) is 18.3 Å². The minimum Gasteiger partial charge on any atom is -0.484 e. The van der Waals surface area contributed by atoms with Crippen molar-refractivity contribution in [2.45, 2.75) is 0 Å². The second-order valence-corrected chi connectivity index (χ2v) is 6.33. The first-order valence-electron chi connectivity index (χ1n) is 8.82. The average Bonchev–Trinajstić information content (AvgIpc) is 2.73. The SMILES string of the molecule is O=C(COc1ccc(F)cc1)N1CCN(c2cnc3ccccc3n2)CC1. The molecule has 1 aliphatic rings. The molecule has 0 bridgehead atoms. The van der Waals surface area contributed by atoms with Crippen molar-refractivity contribution in [3.63, 3.8) is 0 Å². The van der Waals surface area contributed by atoms with Crippen LogP contribution in [0.4, 0.5) is 10.2 Å². The number of hydrogen-bond donors (Lipinski definition) is 0. The summed E-state index contributed by atoms with van der Waals surface area (Å²) < 4.78 is 18.3. The van der Waals surface area contributed by atoms with E-state index in [4.69, 9.17) is 4.74 Å². The first kappa shape index (κ1) is 17.2. The molecule has 1 amide bonds. The molecule has 138 valence electrons. The number of piperazine rings is 1. The molecule has 1 aromatic heterocycles. The fraction of sp³-hybridized carbons (Fsp3) is 0.250. The van der Waals surface area contributed by atoms with Gasteiger partial charge in [0.05, 0.1) is 17.2 Å². The molecule has 0 spiro atoms. The van der Waals surface area contributed by atoms with Gasteiger partial charge in [-0.2, -0.15) is 0 Å². The summed E-state index contributed by atoms with van der Waals surface area (Å²) in [7, 11) is 0. The van der Waals surface area contributed by atoms with Crippen LogP contribution in [0.5, 0.6) is 5.75 Å². The molecule has 0 atom stereocenters. The van der Waals surface area contributed by atoms with Crippen molar-refractivity contribution in [1.29, 1.82) is 0 Å². The standard InChI is InChI=1S/C20H19FN4O2/c21-15-5-7-16(8-6-15)27-14-20(26)25-11-9-24(10-12-25)19-13-22-17-3-1-2-4-18(17)23-19/h1-8,13H,9-12,14H2. The molecule has 6 nitrogen and oxygen atoms in total. The number of ether oxygens (including phenoxy) is 1. The lowest BCUT2D eigenvalue weighted by molar-refractivity contribution is -0.133. The number of nitrogens with zero attached hydrogens (tertiary/aromatic N) is 4. The number of carbonyl (C=O) groups is 1. The minimum absolute atomic E-state index is 0.0542. The lowest BCUT2D eigenvalue weighted by Crippen LogP contribution is -2.50. The molecule has 0 N–H and O–H groups in total. The van der Waals surface area contributed by atoms with E-state index in [1.165, 1.54) is 24.3 Å². The smallest absolute Gasteiger partial charge is 0.260 e. The highest BCUT2D eigenvalue weighted by molar-refractivity contribution is 5.78. The predicted molar refractivity (Wildman–Crippen MR) is 100 cm³/mol. The van der Waals surface area contributed by atoms with Crippen LogP contribution in [0.3, 0.4) is 0 Å². The van der Waals surface area contributed by atoms with Crippen molar-refractivity contribution in [2.24, 2.45) is 0 Å². The molecule has 1 aliphatic heterocycles. The number of anilines is 1. The van der Waals surface area contributed by atoms with Crippen LogP contribution in [-0.2, 0) is 4.79 Å². The van der Waals surface area contributed by atoms with Gasteiger partial charge >= 0.3 is 0 Å². The zero-order chi connectivity index (χ0) is 18.6. The van der Waals surface area contributed by atoms with Crippen LogP contribution in [0.15, 0.2) is 54.7 Å². The monoisotopic (exact) mass is 366 g/mol. The van der Waals surface area contributed by atoms with E-state index in [1.54, 1.807) is 11.1 Å². The topological polar surface area (TPSA) is 58.6 Å². The molecule has 1 fully saturated rings. The first-order valence-corrected chi connectivity index (χ1v) is 8.82. The highest BCUT2D eigenvalue weighted by Gasteiger charge is 2.22. The Balaban J connectivity index is 1.32. The Labute approximate surface area is 156 Å². The Bertz CT molecular complexity index is 940. The molecule has 0 saturated carbocycles. The van der Waals surface area contributed by atoms with E-state index >= 15 is 0 Å². The maximum atomic E-state index is 12.9. The van der Waals surface area contributed by atoms with Gasteiger partial charge in [0, 0.05) is 26.2 Å². The van der Waals surface area contributed by atoms with Crippen molar-refractivity contribution >= 4 is 22.8 Å². The van der Waals surface area contributed by atoms with Crippen LogP contribution < -0.4 is 9.64 Å². The van der Waals surface area contributed by atoms with Gasteiger partial charge in [0.25, 0.3) is 5.91 Å². The Morgan fingerprint density at radius 2 is 1.70 bits per heavy atom. The summed E-state index contributed by atoms with van der Waals surface area (Å²) in [6, 6.07) is 13.4. The molecule has 3 aromatic rings. The van der Waals surface area contributed by atoms with Crippen molar-refractivity contribution < 1.29 is 13.9 Å². The van der Waals surface area contributed by atoms with Crippen LogP contribution in [0.1, 0.15) is 0 Å². The maximum Gasteiger partial charge on any atom is 0.260 e. The van der Waals surface area contributed by atoms with Gasteiger partial charge in [-0.3, -0.25) is 9.78 Å². The molecule has 2 aromatic carbocycles.